The largest absolute Gasteiger partial charge is 0.450 e. The number of rotatable bonds is 4. The van der Waals surface area contributed by atoms with Crippen molar-refractivity contribution < 1.29 is 23.1 Å². The summed E-state index contributed by atoms with van der Waals surface area (Å²) in [5.74, 6) is -0.338. The van der Waals surface area contributed by atoms with Crippen LogP contribution < -0.4 is 10.6 Å². The lowest BCUT2D eigenvalue weighted by molar-refractivity contribution is 0.168. The van der Waals surface area contributed by atoms with Crippen molar-refractivity contribution >= 4 is 27.3 Å². The first-order valence-corrected chi connectivity index (χ1v) is 8.40. The highest BCUT2D eigenvalue weighted by Crippen LogP contribution is 2.21. The Balaban J connectivity index is 2.03. The van der Waals surface area contributed by atoms with Crippen molar-refractivity contribution in [2.45, 2.75) is 19.1 Å². The molecular weight excluding hydrogens is 296 g/mol. The first-order chi connectivity index (χ1) is 9.89. The molecule has 1 heterocycles. The van der Waals surface area contributed by atoms with Crippen LogP contribution in [0, 0.1) is 0 Å². The Morgan fingerprint density at radius 1 is 1.38 bits per heavy atom. The fourth-order valence-corrected chi connectivity index (χ4v) is 3.89. The molecule has 21 heavy (non-hydrogen) atoms. The molecule has 0 saturated carbocycles. The van der Waals surface area contributed by atoms with E-state index in [0.717, 1.165) is 0 Å². The summed E-state index contributed by atoms with van der Waals surface area (Å²) in [5.41, 5.74) is 1.14. The third-order valence-electron chi connectivity index (χ3n) is 3.06. The van der Waals surface area contributed by atoms with Crippen LogP contribution in [0.25, 0.3) is 0 Å². The molecule has 1 amide bonds. The average molecular weight is 314 g/mol. The van der Waals surface area contributed by atoms with E-state index in [4.69, 9.17) is 4.74 Å². The highest BCUT2D eigenvalue weighted by molar-refractivity contribution is 7.91. The maximum Gasteiger partial charge on any atom is 0.411 e. The molecule has 1 aromatic rings. The van der Waals surface area contributed by atoms with Crippen molar-refractivity contribution in [2.75, 3.05) is 28.7 Å². The molecule has 116 valence electrons. The quantitative estimate of drug-likeness (QED) is 0.760. The molecule has 0 unspecified atom stereocenters. The second-order valence-electron chi connectivity index (χ2n) is 4.82. The normalized spacial score (nSPS) is 23.5. The molecule has 2 rings (SSSR count). The monoisotopic (exact) mass is 314 g/mol. The zero-order chi connectivity index (χ0) is 15.5. The molecule has 3 N–H and O–H groups in total. The topological polar surface area (TPSA) is 105 Å². The standard InChI is InChI=1S/C13H18N2O5S/c1-2-20-13(17)15-10-5-3-4-9(6-10)14-11-7-21(18,19)8-12(11)16/h3-6,11-12,14,16H,2,7-8H2,1H3,(H,15,17)/t11-,12+/m1/s1. The number of carbonyl (C=O) groups is 1. The van der Waals surface area contributed by atoms with Crippen LogP contribution >= 0.6 is 0 Å². The van der Waals surface area contributed by atoms with Crippen molar-refractivity contribution in [2.24, 2.45) is 0 Å². The number of aliphatic hydroxyl groups is 1. The fourth-order valence-electron chi connectivity index (χ4n) is 2.15. The van der Waals surface area contributed by atoms with Crippen LogP contribution in [-0.2, 0) is 14.6 Å². The highest BCUT2D eigenvalue weighted by atomic mass is 32.2. The van der Waals surface area contributed by atoms with E-state index >= 15 is 0 Å². The van der Waals surface area contributed by atoms with E-state index in [2.05, 4.69) is 10.6 Å². The van der Waals surface area contributed by atoms with Gasteiger partial charge in [0.2, 0.25) is 0 Å². The SMILES string of the molecule is CCOC(=O)Nc1cccc(N[C@@H]2CS(=O)(=O)C[C@@H]2O)c1. The number of hydrogen-bond acceptors (Lipinski definition) is 6. The second-order valence-corrected chi connectivity index (χ2v) is 6.98. The minimum absolute atomic E-state index is 0.107. The Morgan fingerprint density at radius 2 is 2.10 bits per heavy atom. The molecular formula is C13H18N2O5S. The number of sulfone groups is 1. The van der Waals surface area contributed by atoms with Crippen molar-refractivity contribution in [3.63, 3.8) is 0 Å². The van der Waals surface area contributed by atoms with Gasteiger partial charge in [-0.2, -0.15) is 0 Å². The molecule has 0 aromatic heterocycles. The fraction of sp³-hybridized carbons (Fsp3) is 0.462. The van der Waals surface area contributed by atoms with Gasteiger partial charge in [0, 0.05) is 11.4 Å². The van der Waals surface area contributed by atoms with Gasteiger partial charge >= 0.3 is 6.09 Å². The summed E-state index contributed by atoms with van der Waals surface area (Å²) >= 11 is 0. The highest BCUT2D eigenvalue weighted by Gasteiger charge is 2.36. The first-order valence-electron chi connectivity index (χ1n) is 6.58. The maximum absolute atomic E-state index is 11.5. The maximum atomic E-state index is 11.5. The van der Waals surface area contributed by atoms with Gasteiger partial charge in [-0.25, -0.2) is 13.2 Å². The van der Waals surface area contributed by atoms with Crippen LogP contribution in [0.5, 0.6) is 0 Å². The Kier molecular flexibility index (Phi) is 4.69. The van der Waals surface area contributed by atoms with Crippen LogP contribution in [0.1, 0.15) is 6.92 Å². The summed E-state index contributed by atoms with van der Waals surface area (Å²) in [5, 5.41) is 15.3. The third-order valence-corrected chi connectivity index (χ3v) is 4.78. The second kappa shape index (κ2) is 6.31. The van der Waals surface area contributed by atoms with Gasteiger partial charge in [-0.3, -0.25) is 5.32 Å². The predicted molar refractivity (Wildman–Crippen MR) is 79.2 cm³/mol. The van der Waals surface area contributed by atoms with Crippen molar-refractivity contribution in [3.05, 3.63) is 24.3 Å². The summed E-state index contributed by atoms with van der Waals surface area (Å²) in [7, 11) is -3.20. The minimum Gasteiger partial charge on any atom is -0.450 e. The van der Waals surface area contributed by atoms with E-state index in [1.54, 1.807) is 31.2 Å². The van der Waals surface area contributed by atoms with Gasteiger partial charge < -0.3 is 15.2 Å². The molecule has 1 aliphatic heterocycles. The van der Waals surface area contributed by atoms with Crippen molar-refractivity contribution in [3.8, 4) is 0 Å². The number of amides is 1. The summed E-state index contributed by atoms with van der Waals surface area (Å²) in [6.45, 7) is 1.98. The van der Waals surface area contributed by atoms with Crippen LogP contribution in [-0.4, -0.2) is 49.9 Å². The first kappa shape index (κ1) is 15.6. The predicted octanol–water partition coefficient (Wildman–Crippen LogP) is 0.825. The summed E-state index contributed by atoms with van der Waals surface area (Å²) < 4.78 is 27.7. The molecule has 0 spiro atoms. The molecule has 2 atom stereocenters. The van der Waals surface area contributed by atoms with Gasteiger partial charge in [0.25, 0.3) is 0 Å². The van der Waals surface area contributed by atoms with Crippen LogP contribution in [0.3, 0.4) is 0 Å². The van der Waals surface area contributed by atoms with Gasteiger partial charge in [0.15, 0.2) is 9.84 Å². The van der Waals surface area contributed by atoms with E-state index in [0.29, 0.717) is 11.4 Å². The van der Waals surface area contributed by atoms with E-state index < -0.39 is 28.1 Å². The Bertz CT molecular complexity index is 617. The van der Waals surface area contributed by atoms with E-state index in [1.807, 2.05) is 0 Å². The molecule has 8 heteroatoms. The van der Waals surface area contributed by atoms with E-state index in [-0.39, 0.29) is 18.1 Å². The number of ether oxygens (including phenoxy) is 1. The molecule has 0 bridgehead atoms. The molecule has 1 fully saturated rings. The molecule has 7 nitrogen and oxygen atoms in total. The van der Waals surface area contributed by atoms with Gasteiger partial charge in [-0.1, -0.05) is 6.07 Å². The Labute approximate surface area is 123 Å². The lowest BCUT2D eigenvalue weighted by Gasteiger charge is -2.17. The number of carbonyl (C=O) groups excluding carboxylic acids is 1. The number of benzene rings is 1. The lowest BCUT2D eigenvalue weighted by Crippen LogP contribution is -2.31. The van der Waals surface area contributed by atoms with Gasteiger partial charge in [0.05, 0.1) is 30.3 Å². The number of nitrogens with one attached hydrogen (secondary N) is 2. The van der Waals surface area contributed by atoms with Crippen LogP contribution in [0.4, 0.5) is 16.2 Å². The van der Waals surface area contributed by atoms with Crippen LogP contribution in [0.15, 0.2) is 24.3 Å². The molecule has 1 aliphatic rings. The molecule has 0 aliphatic carbocycles. The Morgan fingerprint density at radius 3 is 2.71 bits per heavy atom. The number of hydrogen-bond donors (Lipinski definition) is 3. The Hall–Kier alpha value is -1.80. The summed E-state index contributed by atoms with van der Waals surface area (Å²) in [4.78, 5) is 11.3. The molecule has 1 saturated heterocycles. The van der Waals surface area contributed by atoms with Crippen LogP contribution in [0.2, 0.25) is 0 Å². The average Bonchev–Trinajstić information content (AvgIpc) is 2.62. The molecule has 0 radical (unpaired) electrons. The molecule has 1 aromatic carbocycles. The van der Waals surface area contributed by atoms with E-state index in [1.165, 1.54) is 0 Å². The van der Waals surface area contributed by atoms with Gasteiger partial charge in [-0.15, -0.1) is 0 Å². The number of aliphatic hydroxyl groups excluding tert-OH is 1. The summed E-state index contributed by atoms with van der Waals surface area (Å²) in [6, 6.07) is 6.22. The smallest absolute Gasteiger partial charge is 0.411 e. The van der Waals surface area contributed by atoms with Crippen molar-refractivity contribution in [1.29, 1.82) is 0 Å². The number of anilines is 2. The van der Waals surface area contributed by atoms with E-state index in [9.17, 15) is 18.3 Å². The van der Waals surface area contributed by atoms with Gasteiger partial charge in [-0.05, 0) is 25.1 Å². The lowest BCUT2D eigenvalue weighted by atomic mass is 10.2. The van der Waals surface area contributed by atoms with Gasteiger partial charge in [0.1, 0.15) is 0 Å². The zero-order valence-corrected chi connectivity index (χ0v) is 12.4. The minimum atomic E-state index is -3.20. The summed E-state index contributed by atoms with van der Waals surface area (Å²) in [6.07, 6.45) is -1.49. The third kappa shape index (κ3) is 4.33. The zero-order valence-electron chi connectivity index (χ0n) is 11.6. The van der Waals surface area contributed by atoms with Crippen molar-refractivity contribution in [1.82, 2.24) is 0 Å².